The normalized spacial score (nSPS) is 17.9. The molecule has 2 aromatic rings. The summed E-state index contributed by atoms with van der Waals surface area (Å²) in [5.74, 6) is 2.65. The van der Waals surface area contributed by atoms with Gasteiger partial charge >= 0.3 is 0 Å². The molecule has 4 rings (SSSR count). The summed E-state index contributed by atoms with van der Waals surface area (Å²) < 4.78 is 22.6. The van der Waals surface area contributed by atoms with Crippen molar-refractivity contribution in [3.8, 4) is 23.0 Å². The van der Waals surface area contributed by atoms with Crippen LogP contribution >= 0.6 is 0 Å². The average molecular weight is 409 g/mol. The van der Waals surface area contributed by atoms with Crippen LogP contribution in [0.15, 0.2) is 42.5 Å². The van der Waals surface area contributed by atoms with Crippen LogP contribution in [0, 0.1) is 0 Å². The van der Waals surface area contributed by atoms with Gasteiger partial charge in [0.1, 0.15) is 13.2 Å². The Balaban J connectivity index is 1.44. The lowest BCUT2D eigenvalue weighted by atomic mass is 10.0. The number of amides is 1. The van der Waals surface area contributed by atoms with E-state index in [2.05, 4.69) is 0 Å². The predicted octanol–water partition coefficient (Wildman–Crippen LogP) is 4.24. The van der Waals surface area contributed by atoms with E-state index in [0.29, 0.717) is 24.7 Å². The van der Waals surface area contributed by atoms with Crippen LogP contribution in [0.3, 0.4) is 0 Å². The molecular formula is C24H27NO5. The van der Waals surface area contributed by atoms with Gasteiger partial charge in [-0.25, -0.2) is 0 Å². The molecule has 2 aliphatic rings. The third kappa shape index (κ3) is 4.22. The van der Waals surface area contributed by atoms with Crippen LogP contribution in [0.4, 0.5) is 0 Å². The van der Waals surface area contributed by atoms with Crippen LogP contribution in [0.25, 0.3) is 6.08 Å². The third-order valence-corrected chi connectivity index (χ3v) is 5.42. The second-order valence-corrected chi connectivity index (χ2v) is 7.35. The first-order chi connectivity index (χ1) is 14.7. The largest absolute Gasteiger partial charge is 0.493 e. The fraction of sp³-hybridized carbons (Fsp3) is 0.375. The lowest BCUT2D eigenvalue weighted by Gasteiger charge is -2.27. The molecule has 0 aromatic heterocycles. The second kappa shape index (κ2) is 9.11. The van der Waals surface area contributed by atoms with Gasteiger partial charge in [-0.2, -0.15) is 0 Å². The number of carbonyl (C=O) groups is 1. The average Bonchev–Trinajstić information content (AvgIpc) is 3.28. The Morgan fingerprint density at radius 2 is 1.97 bits per heavy atom. The van der Waals surface area contributed by atoms with Crippen molar-refractivity contribution in [1.29, 1.82) is 0 Å². The maximum absolute atomic E-state index is 13.0. The van der Waals surface area contributed by atoms with Crippen LogP contribution < -0.4 is 18.9 Å². The van der Waals surface area contributed by atoms with E-state index in [9.17, 15) is 4.79 Å². The van der Waals surface area contributed by atoms with Crippen LogP contribution in [0.2, 0.25) is 0 Å². The molecule has 1 atom stereocenters. The monoisotopic (exact) mass is 409 g/mol. The number of allylic oxidation sites excluding steroid dienone is 1. The van der Waals surface area contributed by atoms with Gasteiger partial charge in [0.25, 0.3) is 5.91 Å². The summed E-state index contributed by atoms with van der Waals surface area (Å²) in [6.45, 7) is 3.77. The van der Waals surface area contributed by atoms with Crippen molar-refractivity contribution < 1.29 is 23.7 Å². The highest BCUT2D eigenvalue weighted by atomic mass is 16.6. The molecule has 0 saturated carbocycles. The quantitative estimate of drug-likeness (QED) is 0.714. The Morgan fingerprint density at radius 3 is 2.77 bits per heavy atom. The zero-order valence-corrected chi connectivity index (χ0v) is 17.4. The number of nitrogens with zero attached hydrogens (tertiary/aromatic N) is 1. The number of carbonyl (C=O) groups excluding carboxylic acids is 1. The summed E-state index contributed by atoms with van der Waals surface area (Å²) >= 11 is 0. The summed E-state index contributed by atoms with van der Waals surface area (Å²) in [6, 6.07) is 11.6. The number of likely N-dealkylation sites (tertiary alicyclic amines) is 1. The number of ether oxygens (including phenoxy) is 4. The van der Waals surface area contributed by atoms with Gasteiger partial charge < -0.3 is 23.8 Å². The first kappa shape index (κ1) is 20.1. The molecule has 1 fully saturated rings. The maximum Gasteiger partial charge on any atom is 0.261 e. The van der Waals surface area contributed by atoms with Crippen LogP contribution in [-0.4, -0.2) is 44.3 Å². The Morgan fingerprint density at radius 1 is 1.13 bits per heavy atom. The number of methoxy groups -OCH3 is 1. The van der Waals surface area contributed by atoms with E-state index in [1.165, 1.54) is 0 Å². The first-order valence-electron chi connectivity index (χ1n) is 10.3. The molecule has 1 unspecified atom stereocenters. The van der Waals surface area contributed by atoms with Gasteiger partial charge in [0.15, 0.2) is 29.6 Å². The number of hydrogen-bond acceptors (Lipinski definition) is 5. The fourth-order valence-electron chi connectivity index (χ4n) is 4.00. The molecule has 0 N–H and O–H groups in total. The van der Waals surface area contributed by atoms with Crippen molar-refractivity contribution in [2.75, 3.05) is 33.5 Å². The highest BCUT2D eigenvalue weighted by molar-refractivity contribution is 5.79. The Bertz CT molecular complexity index is 939. The van der Waals surface area contributed by atoms with Crippen molar-refractivity contribution >= 4 is 12.0 Å². The Kier molecular flexibility index (Phi) is 6.12. The third-order valence-electron chi connectivity index (χ3n) is 5.42. The van der Waals surface area contributed by atoms with Gasteiger partial charge in [0.2, 0.25) is 0 Å². The molecule has 2 heterocycles. The smallest absolute Gasteiger partial charge is 0.261 e. The summed E-state index contributed by atoms with van der Waals surface area (Å²) in [7, 11) is 1.60. The van der Waals surface area contributed by atoms with E-state index >= 15 is 0 Å². The van der Waals surface area contributed by atoms with Gasteiger partial charge in [-0.3, -0.25) is 4.79 Å². The molecule has 0 spiro atoms. The summed E-state index contributed by atoms with van der Waals surface area (Å²) in [4.78, 5) is 14.8. The molecule has 2 aliphatic heterocycles. The van der Waals surface area contributed by atoms with Gasteiger partial charge in [-0.1, -0.05) is 24.3 Å². The Labute approximate surface area is 177 Å². The van der Waals surface area contributed by atoms with Gasteiger partial charge in [-0.15, -0.1) is 0 Å². The molecule has 158 valence electrons. The first-order valence-corrected chi connectivity index (χ1v) is 10.3. The van der Waals surface area contributed by atoms with Crippen molar-refractivity contribution in [3.05, 3.63) is 53.6 Å². The molecule has 30 heavy (non-hydrogen) atoms. The van der Waals surface area contributed by atoms with Crippen LogP contribution in [0.1, 0.15) is 36.9 Å². The molecular weight excluding hydrogens is 382 g/mol. The Hall–Kier alpha value is -3.15. The lowest BCUT2D eigenvalue weighted by molar-refractivity contribution is -0.134. The van der Waals surface area contributed by atoms with Crippen molar-refractivity contribution in [2.24, 2.45) is 0 Å². The minimum Gasteiger partial charge on any atom is -0.493 e. The summed E-state index contributed by atoms with van der Waals surface area (Å²) in [6.07, 6.45) is 5.84. The molecule has 6 heteroatoms. The number of rotatable bonds is 6. The van der Waals surface area contributed by atoms with Crippen molar-refractivity contribution in [1.82, 2.24) is 4.90 Å². The molecule has 2 aromatic carbocycles. The topological polar surface area (TPSA) is 57.2 Å². The number of fused-ring (bicyclic) bond motifs is 1. The predicted molar refractivity (Wildman–Crippen MR) is 114 cm³/mol. The molecule has 6 nitrogen and oxygen atoms in total. The second-order valence-electron chi connectivity index (χ2n) is 7.35. The van der Waals surface area contributed by atoms with Crippen LogP contribution in [-0.2, 0) is 4.79 Å². The van der Waals surface area contributed by atoms with E-state index < -0.39 is 0 Å². The summed E-state index contributed by atoms with van der Waals surface area (Å²) in [5, 5.41) is 0. The molecule has 1 saturated heterocycles. The van der Waals surface area contributed by atoms with Crippen molar-refractivity contribution in [2.45, 2.75) is 25.8 Å². The molecule has 0 bridgehead atoms. The maximum atomic E-state index is 13.0. The zero-order chi connectivity index (χ0) is 20.9. The van der Waals surface area contributed by atoms with Gasteiger partial charge in [0.05, 0.1) is 13.2 Å². The molecule has 1 amide bonds. The van der Waals surface area contributed by atoms with Crippen molar-refractivity contribution in [3.63, 3.8) is 0 Å². The highest BCUT2D eigenvalue weighted by Crippen LogP contribution is 2.38. The zero-order valence-electron chi connectivity index (χ0n) is 17.4. The SMILES string of the molecule is C/C=C/c1ccc(OCC(=O)N2CCCC2c2ccc3c(c2)OCCO3)c(OC)c1. The van der Waals surface area contributed by atoms with E-state index in [0.717, 1.165) is 42.0 Å². The molecule has 0 aliphatic carbocycles. The van der Waals surface area contributed by atoms with Crippen LogP contribution in [0.5, 0.6) is 23.0 Å². The fourth-order valence-corrected chi connectivity index (χ4v) is 4.00. The van der Waals surface area contributed by atoms with E-state index in [1.807, 2.05) is 60.4 Å². The minimum absolute atomic E-state index is 0.0240. The highest BCUT2D eigenvalue weighted by Gasteiger charge is 2.31. The minimum atomic E-state index is -0.0352. The summed E-state index contributed by atoms with van der Waals surface area (Å²) in [5.41, 5.74) is 2.09. The number of benzene rings is 2. The van der Waals surface area contributed by atoms with E-state index in [-0.39, 0.29) is 18.6 Å². The number of hydrogen-bond donors (Lipinski definition) is 0. The molecule has 0 radical (unpaired) electrons. The van der Waals surface area contributed by atoms with Gasteiger partial charge in [-0.05, 0) is 55.2 Å². The van der Waals surface area contributed by atoms with E-state index in [1.54, 1.807) is 7.11 Å². The standard InChI is InChI=1S/C24H27NO5/c1-3-5-17-7-9-20(22(14-17)27-2)30-16-24(26)25-11-4-6-19(25)18-8-10-21-23(15-18)29-13-12-28-21/h3,5,7-10,14-15,19H,4,6,11-13,16H2,1-2H3/b5-3+. The van der Waals surface area contributed by atoms with Gasteiger partial charge in [0, 0.05) is 6.54 Å². The lowest BCUT2D eigenvalue weighted by Crippen LogP contribution is -2.34. The van der Waals surface area contributed by atoms with E-state index in [4.69, 9.17) is 18.9 Å².